The molecule has 6 heteroatoms. The molecule has 0 fully saturated rings. The molecule has 0 aromatic heterocycles. The van der Waals surface area contributed by atoms with Crippen LogP contribution in [-0.2, 0) is 10.4 Å². The van der Waals surface area contributed by atoms with Crippen LogP contribution in [0, 0.1) is 0 Å². The van der Waals surface area contributed by atoms with Gasteiger partial charge in [-0.1, -0.05) is 56.3 Å². The van der Waals surface area contributed by atoms with Gasteiger partial charge in [-0.2, -0.15) is 8.42 Å². The van der Waals surface area contributed by atoms with Gasteiger partial charge >= 0.3 is 10.4 Å². The van der Waals surface area contributed by atoms with Crippen molar-refractivity contribution >= 4 is 16.5 Å². The fourth-order valence-corrected chi connectivity index (χ4v) is 1.38. The molecule has 0 aliphatic rings. The van der Waals surface area contributed by atoms with Crippen molar-refractivity contribution in [1.82, 2.24) is 4.90 Å². The largest absolute Gasteiger partial charge is 0.394 e. The zero-order chi connectivity index (χ0) is 14.7. The predicted octanol–water partition coefficient (Wildman–Crippen LogP) is 2.39. The summed E-state index contributed by atoms with van der Waals surface area (Å²) in [6, 6.07) is 10.4. The molecule has 1 rings (SSSR count). The van der Waals surface area contributed by atoms with Crippen molar-refractivity contribution in [2.24, 2.45) is 0 Å². The summed E-state index contributed by atoms with van der Waals surface area (Å²) in [5.74, 6) is 0. The van der Waals surface area contributed by atoms with Crippen LogP contribution in [0.15, 0.2) is 36.4 Å². The lowest BCUT2D eigenvalue weighted by molar-refractivity contribution is 0.338. The van der Waals surface area contributed by atoms with E-state index in [1.807, 2.05) is 6.07 Å². The van der Waals surface area contributed by atoms with Crippen LogP contribution in [0.5, 0.6) is 0 Å². The molecule has 0 spiro atoms. The van der Waals surface area contributed by atoms with E-state index < -0.39 is 10.4 Å². The van der Waals surface area contributed by atoms with Gasteiger partial charge in [0.2, 0.25) is 0 Å². The molecule has 108 valence electrons. The van der Waals surface area contributed by atoms with Gasteiger partial charge < -0.3 is 4.90 Å². The molecule has 0 saturated carbocycles. The molecule has 0 heterocycles. The first kappa shape index (κ1) is 17.8. The number of likely N-dealkylation sites (N-methyl/N-ethyl adjacent to an activating group) is 1. The van der Waals surface area contributed by atoms with Gasteiger partial charge in [-0.25, -0.2) is 0 Å². The molecule has 0 unspecified atom stereocenters. The Morgan fingerprint density at radius 2 is 1.58 bits per heavy atom. The number of hydrogen-bond acceptors (Lipinski definition) is 3. The van der Waals surface area contributed by atoms with E-state index in [1.54, 1.807) is 0 Å². The predicted molar refractivity (Wildman–Crippen MR) is 77.4 cm³/mol. The van der Waals surface area contributed by atoms with Crippen molar-refractivity contribution in [3.05, 3.63) is 42.0 Å². The lowest BCUT2D eigenvalue weighted by Gasteiger charge is -2.14. The monoisotopic (exact) mass is 287 g/mol. The van der Waals surface area contributed by atoms with E-state index in [-0.39, 0.29) is 0 Å². The molecule has 19 heavy (non-hydrogen) atoms. The second-order valence-corrected chi connectivity index (χ2v) is 4.64. The van der Waals surface area contributed by atoms with Gasteiger partial charge in [0.25, 0.3) is 0 Å². The number of rotatable bonds is 5. The SMILES string of the molecule is CCN(CC)CC=Cc1ccccc1.O=S(=O)(O)O. The maximum absolute atomic E-state index is 8.74. The molecule has 5 nitrogen and oxygen atoms in total. The van der Waals surface area contributed by atoms with Crippen molar-refractivity contribution in [2.45, 2.75) is 13.8 Å². The molecule has 0 saturated heterocycles. The van der Waals surface area contributed by atoms with Crippen LogP contribution in [0.1, 0.15) is 19.4 Å². The molecular weight excluding hydrogens is 266 g/mol. The maximum atomic E-state index is 8.74. The van der Waals surface area contributed by atoms with Crippen molar-refractivity contribution in [1.29, 1.82) is 0 Å². The minimum absolute atomic E-state index is 1.04. The van der Waals surface area contributed by atoms with Crippen molar-refractivity contribution in [2.75, 3.05) is 19.6 Å². The molecule has 0 bridgehead atoms. The lowest BCUT2D eigenvalue weighted by Crippen LogP contribution is -2.22. The van der Waals surface area contributed by atoms with Crippen molar-refractivity contribution < 1.29 is 17.5 Å². The molecule has 0 atom stereocenters. The molecule has 2 N–H and O–H groups in total. The standard InChI is InChI=1S/C13H19N.H2O4S/c1-3-14(4-2)12-8-11-13-9-6-5-7-10-13;1-5(2,3)4/h5-11H,3-4,12H2,1-2H3;(H2,1,2,3,4). The number of hydrogen-bond donors (Lipinski definition) is 2. The van der Waals surface area contributed by atoms with Crippen LogP contribution in [0.25, 0.3) is 6.08 Å². The summed E-state index contributed by atoms with van der Waals surface area (Å²) < 4.78 is 31.6. The first-order valence-electron chi connectivity index (χ1n) is 6.00. The Morgan fingerprint density at radius 1 is 1.11 bits per heavy atom. The summed E-state index contributed by atoms with van der Waals surface area (Å²) in [5, 5.41) is 0. The smallest absolute Gasteiger partial charge is 0.300 e. The first-order valence-corrected chi connectivity index (χ1v) is 7.40. The Labute approximate surface area is 115 Å². The van der Waals surface area contributed by atoms with Crippen molar-refractivity contribution in [3.8, 4) is 0 Å². The van der Waals surface area contributed by atoms with Gasteiger partial charge in [0, 0.05) is 6.54 Å². The Balaban J connectivity index is 0.000000555. The number of benzene rings is 1. The summed E-state index contributed by atoms with van der Waals surface area (Å²) in [7, 11) is -4.67. The summed E-state index contributed by atoms with van der Waals surface area (Å²) in [5.41, 5.74) is 1.28. The topological polar surface area (TPSA) is 77.8 Å². The quantitative estimate of drug-likeness (QED) is 0.813. The second kappa shape index (κ2) is 9.69. The van der Waals surface area contributed by atoms with Crippen LogP contribution in [-0.4, -0.2) is 42.1 Å². The first-order chi connectivity index (χ1) is 8.86. The third-order valence-corrected chi connectivity index (χ3v) is 2.37. The lowest BCUT2D eigenvalue weighted by atomic mass is 10.2. The van der Waals surface area contributed by atoms with Gasteiger partial charge in [0.1, 0.15) is 0 Å². The summed E-state index contributed by atoms with van der Waals surface area (Å²) in [4.78, 5) is 2.39. The summed E-state index contributed by atoms with van der Waals surface area (Å²) in [6.07, 6.45) is 4.40. The van der Waals surface area contributed by atoms with Crippen LogP contribution in [0.2, 0.25) is 0 Å². The van der Waals surface area contributed by atoms with E-state index in [0.29, 0.717) is 0 Å². The molecule has 0 radical (unpaired) electrons. The van der Waals surface area contributed by atoms with Crippen molar-refractivity contribution in [3.63, 3.8) is 0 Å². The van der Waals surface area contributed by atoms with Crippen LogP contribution in [0.4, 0.5) is 0 Å². The van der Waals surface area contributed by atoms with E-state index in [0.717, 1.165) is 19.6 Å². The third kappa shape index (κ3) is 13.0. The molecular formula is C13H21NO4S. The van der Waals surface area contributed by atoms with Crippen LogP contribution < -0.4 is 0 Å². The Hall–Kier alpha value is -1.21. The van der Waals surface area contributed by atoms with Gasteiger partial charge in [-0.3, -0.25) is 9.11 Å². The highest BCUT2D eigenvalue weighted by molar-refractivity contribution is 7.79. The third-order valence-electron chi connectivity index (χ3n) is 2.37. The fraction of sp³-hybridized carbons (Fsp3) is 0.385. The van der Waals surface area contributed by atoms with E-state index in [1.165, 1.54) is 5.56 Å². The summed E-state index contributed by atoms with van der Waals surface area (Å²) in [6.45, 7) is 7.67. The van der Waals surface area contributed by atoms with Crippen LogP contribution >= 0.6 is 0 Å². The Bertz CT molecular complexity index is 445. The average molecular weight is 287 g/mol. The number of nitrogens with zero attached hydrogens (tertiary/aromatic N) is 1. The van der Waals surface area contributed by atoms with Gasteiger partial charge in [0.05, 0.1) is 0 Å². The zero-order valence-electron chi connectivity index (χ0n) is 11.2. The molecule has 1 aromatic carbocycles. The highest BCUT2D eigenvalue weighted by Crippen LogP contribution is 2.01. The highest BCUT2D eigenvalue weighted by atomic mass is 32.3. The second-order valence-electron chi connectivity index (χ2n) is 3.75. The van der Waals surface area contributed by atoms with Gasteiger partial charge in [-0.15, -0.1) is 0 Å². The van der Waals surface area contributed by atoms with Crippen LogP contribution in [0.3, 0.4) is 0 Å². The molecule has 0 aliphatic carbocycles. The minimum Gasteiger partial charge on any atom is -0.300 e. The Kier molecular flexibility index (Phi) is 9.07. The molecule has 0 aliphatic heterocycles. The van der Waals surface area contributed by atoms with Gasteiger partial charge in [0.15, 0.2) is 0 Å². The van der Waals surface area contributed by atoms with E-state index in [9.17, 15) is 0 Å². The van der Waals surface area contributed by atoms with E-state index in [4.69, 9.17) is 17.5 Å². The normalized spacial score (nSPS) is 11.4. The minimum atomic E-state index is -4.67. The van der Waals surface area contributed by atoms with E-state index in [2.05, 4.69) is 55.2 Å². The zero-order valence-corrected chi connectivity index (χ0v) is 12.0. The molecule has 0 amide bonds. The van der Waals surface area contributed by atoms with E-state index >= 15 is 0 Å². The van der Waals surface area contributed by atoms with Gasteiger partial charge in [-0.05, 0) is 18.7 Å². The average Bonchev–Trinajstić information content (AvgIpc) is 2.34. The molecule has 1 aromatic rings. The summed E-state index contributed by atoms with van der Waals surface area (Å²) >= 11 is 0. The highest BCUT2D eigenvalue weighted by Gasteiger charge is 1.93. The maximum Gasteiger partial charge on any atom is 0.394 e. The fourth-order valence-electron chi connectivity index (χ4n) is 1.38. The Morgan fingerprint density at radius 3 is 2.00 bits per heavy atom.